The van der Waals surface area contributed by atoms with Crippen LogP contribution in [-0.4, -0.2) is 46.7 Å². The highest BCUT2D eigenvalue weighted by Crippen LogP contribution is 2.52. The maximum atomic E-state index is 12.9. The van der Waals surface area contributed by atoms with Crippen LogP contribution in [0.2, 0.25) is 0 Å². The van der Waals surface area contributed by atoms with E-state index in [-0.39, 0.29) is 41.1 Å². The molecule has 1 saturated carbocycles. The highest BCUT2D eigenvalue weighted by molar-refractivity contribution is 6.22. The molecule has 1 aromatic carbocycles. The van der Waals surface area contributed by atoms with Crippen LogP contribution >= 0.6 is 0 Å². The number of benzene rings is 1. The largest absolute Gasteiger partial charge is 0.338 e. The fourth-order valence-corrected chi connectivity index (χ4v) is 5.36. The highest BCUT2D eigenvalue weighted by Gasteiger charge is 2.51. The van der Waals surface area contributed by atoms with Gasteiger partial charge >= 0.3 is 0 Å². The van der Waals surface area contributed by atoms with Crippen molar-refractivity contribution in [1.82, 2.24) is 9.80 Å². The van der Waals surface area contributed by atoms with Crippen LogP contribution in [0.4, 0.5) is 0 Å². The van der Waals surface area contributed by atoms with Crippen molar-refractivity contribution in [2.75, 3.05) is 13.1 Å². The summed E-state index contributed by atoms with van der Waals surface area (Å²) in [5, 5.41) is 0. The van der Waals surface area contributed by atoms with Gasteiger partial charge in [-0.2, -0.15) is 0 Å². The van der Waals surface area contributed by atoms with Crippen molar-refractivity contribution < 1.29 is 14.4 Å². The summed E-state index contributed by atoms with van der Waals surface area (Å²) in [6, 6.07) is 6.99. The molecule has 4 rings (SSSR count). The molecule has 5 heteroatoms. The van der Waals surface area contributed by atoms with E-state index in [1.54, 1.807) is 24.3 Å². The van der Waals surface area contributed by atoms with Gasteiger partial charge in [0.25, 0.3) is 11.8 Å². The Morgan fingerprint density at radius 1 is 1.08 bits per heavy atom. The molecule has 3 aliphatic rings. The van der Waals surface area contributed by atoms with E-state index >= 15 is 0 Å². The molecule has 3 amide bonds. The Morgan fingerprint density at radius 2 is 1.68 bits per heavy atom. The first kappa shape index (κ1) is 16.3. The van der Waals surface area contributed by atoms with Gasteiger partial charge in [0.15, 0.2) is 0 Å². The molecule has 2 bridgehead atoms. The minimum Gasteiger partial charge on any atom is -0.338 e. The van der Waals surface area contributed by atoms with Crippen LogP contribution in [-0.2, 0) is 4.79 Å². The standard InChI is InChI=1S/C20H24N2O3/c1-19(2)8-13-9-20(3,11-19)12-22(13)16(23)10-21-17(24)14-6-4-5-7-15(14)18(21)25/h4-7,13H,8-12H2,1-3H3/t13-,20+/m1/s1. The van der Waals surface area contributed by atoms with Gasteiger partial charge in [-0.25, -0.2) is 0 Å². The Morgan fingerprint density at radius 3 is 2.28 bits per heavy atom. The molecule has 2 aliphatic heterocycles. The van der Waals surface area contributed by atoms with E-state index in [2.05, 4.69) is 20.8 Å². The summed E-state index contributed by atoms with van der Waals surface area (Å²) in [5.74, 6) is -0.828. The second-order valence-corrected chi connectivity index (χ2v) is 8.98. The zero-order valence-electron chi connectivity index (χ0n) is 15.0. The molecule has 2 atom stereocenters. The Balaban J connectivity index is 1.53. The lowest BCUT2D eigenvalue weighted by atomic mass is 9.65. The third-order valence-corrected chi connectivity index (χ3v) is 5.91. The number of fused-ring (bicyclic) bond motifs is 3. The number of hydrogen-bond donors (Lipinski definition) is 0. The topological polar surface area (TPSA) is 57.7 Å². The smallest absolute Gasteiger partial charge is 0.262 e. The first-order valence-corrected chi connectivity index (χ1v) is 8.94. The lowest BCUT2D eigenvalue weighted by Crippen LogP contribution is -2.45. The molecule has 0 unspecified atom stereocenters. The molecule has 0 aromatic heterocycles. The van der Waals surface area contributed by atoms with Crippen molar-refractivity contribution in [3.8, 4) is 0 Å². The number of likely N-dealkylation sites (tertiary alicyclic amines) is 1. The molecular weight excluding hydrogens is 316 g/mol. The van der Waals surface area contributed by atoms with Crippen LogP contribution in [0, 0.1) is 10.8 Å². The second kappa shape index (κ2) is 5.16. The quantitative estimate of drug-likeness (QED) is 0.778. The molecule has 5 nitrogen and oxygen atoms in total. The summed E-state index contributed by atoms with van der Waals surface area (Å²) in [6.07, 6.45) is 3.11. The zero-order chi connectivity index (χ0) is 18.0. The molecule has 132 valence electrons. The fraction of sp³-hybridized carbons (Fsp3) is 0.550. The van der Waals surface area contributed by atoms with Gasteiger partial charge in [-0.1, -0.05) is 32.9 Å². The number of hydrogen-bond acceptors (Lipinski definition) is 3. The van der Waals surface area contributed by atoms with Crippen molar-refractivity contribution in [1.29, 1.82) is 0 Å². The molecule has 0 N–H and O–H groups in total. The normalized spacial score (nSPS) is 30.0. The van der Waals surface area contributed by atoms with E-state index in [4.69, 9.17) is 0 Å². The van der Waals surface area contributed by atoms with Crippen LogP contribution in [0.25, 0.3) is 0 Å². The van der Waals surface area contributed by atoms with Crippen molar-refractivity contribution in [3.63, 3.8) is 0 Å². The maximum absolute atomic E-state index is 12.9. The number of carbonyl (C=O) groups is 3. The monoisotopic (exact) mass is 340 g/mol. The summed E-state index contributed by atoms with van der Waals surface area (Å²) in [4.78, 5) is 40.9. The maximum Gasteiger partial charge on any atom is 0.262 e. The Labute approximate surface area is 148 Å². The first-order chi connectivity index (χ1) is 11.7. The van der Waals surface area contributed by atoms with Crippen LogP contribution in [0.15, 0.2) is 24.3 Å². The van der Waals surface area contributed by atoms with Crippen LogP contribution in [0.1, 0.15) is 60.7 Å². The number of rotatable bonds is 2. The fourth-order valence-electron chi connectivity index (χ4n) is 5.36. The van der Waals surface area contributed by atoms with Crippen molar-refractivity contribution in [3.05, 3.63) is 35.4 Å². The van der Waals surface area contributed by atoms with E-state index < -0.39 is 0 Å². The van der Waals surface area contributed by atoms with E-state index in [1.165, 1.54) is 0 Å². The summed E-state index contributed by atoms with van der Waals surface area (Å²) >= 11 is 0. The summed E-state index contributed by atoms with van der Waals surface area (Å²) in [5.41, 5.74) is 1.16. The molecular formula is C20H24N2O3. The van der Waals surface area contributed by atoms with Gasteiger partial charge in [0, 0.05) is 12.6 Å². The SMILES string of the molecule is CC1(C)C[C@@H]2C[C@](C)(CN2C(=O)CN2C(=O)c3ccccc3C2=O)C1. The molecule has 1 aromatic rings. The van der Waals surface area contributed by atoms with Gasteiger partial charge in [-0.05, 0) is 42.2 Å². The van der Waals surface area contributed by atoms with Crippen molar-refractivity contribution in [2.45, 2.75) is 46.1 Å². The van der Waals surface area contributed by atoms with Crippen LogP contribution in [0.5, 0.6) is 0 Å². The second-order valence-electron chi connectivity index (χ2n) is 8.98. The number of imide groups is 1. The minimum absolute atomic E-state index is 0.110. The third kappa shape index (κ3) is 2.57. The number of carbonyl (C=O) groups excluding carboxylic acids is 3. The first-order valence-electron chi connectivity index (χ1n) is 8.94. The lowest BCUT2D eigenvalue weighted by molar-refractivity contribution is -0.132. The number of nitrogens with zero attached hydrogens (tertiary/aromatic N) is 2. The Bertz CT molecular complexity index is 750. The Kier molecular flexibility index (Phi) is 3.37. The average Bonchev–Trinajstić information content (AvgIpc) is 2.92. The van der Waals surface area contributed by atoms with Gasteiger partial charge in [-0.15, -0.1) is 0 Å². The van der Waals surface area contributed by atoms with E-state index in [1.807, 2.05) is 4.90 Å². The van der Waals surface area contributed by atoms with Gasteiger partial charge in [0.2, 0.25) is 5.91 Å². The summed E-state index contributed by atoms with van der Waals surface area (Å²) in [6.45, 7) is 7.34. The van der Waals surface area contributed by atoms with Crippen molar-refractivity contribution in [2.24, 2.45) is 10.8 Å². The zero-order valence-corrected chi connectivity index (χ0v) is 15.0. The highest BCUT2D eigenvalue weighted by atomic mass is 16.2. The molecule has 1 aliphatic carbocycles. The number of amides is 3. The lowest BCUT2D eigenvalue weighted by Gasteiger charge is -2.39. The summed E-state index contributed by atoms with van der Waals surface area (Å²) in [7, 11) is 0. The van der Waals surface area contributed by atoms with Gasteiger partial charge in [-0.3, -0.25) is 19.3 Å². The van der Waals surface area contributed by atoms with Gasteiger partial charge in [0.05, 0.1) is 11.1 Å². The van der Waals surface area contributed by atoms with E-state index in [9.17, 15) is 14.4 Å². The summed E-state index contributed by atoms with van der Waals surface area (Å²) < 4.78 is 0. The molecule has 0 radical (unpaired) electrons. The predicted molar refractivity (Wildman–Crippen MR) is 93.0 cm³/mol. The molecule has 0 spiro atoms. The van der Waals surface area contributed by atoms with Crippen LogP contribution < -0.4 is 0 Å². The molecule has 2 heterocycles. The van der Waals surface area contributed by atoms with Crippen molar-refractivity contribution >= 4 is 17.7 Å². The predicted octanol–water partition coefficient (Wildman–Crippen LogP) is 2.71. The van der Waals surface area contributed by atoms with Gasteiger partial charge in [0.1, 0.15) is 6.54 Å². The van der Waals surface area contributed by atoms with Crippen LogP contribution in [0.3, 0.4) is 0 Å². The third-order valence-electron chi connectivity index (χ3n) is 5.91. The molecule has 1 saturated heterocycles. The molecule has 2 fully saturated rings. The van der Waals surface area contributed by atoms with E-state index in [0.29, 0.717) is 11.1 Å². The van der Waals surface area contributed by atoms with E-state index in [0.717, 1.165) is 30.7 Å². The van der Waals surface area contributed by atoms with Gasteiger partial charge < -0.3 is 4.90 Å². The minimum atomic E-state index is -0.359. The molecule has 25 heavy (non-hydrogen) atoms. The Hall–Kier alpha value is -2.17. The average molecular weight is 340 g/mol.